The second-order valence-electron chi connectivity index (χ2n) is 3.71. The second-order valence-corrected chi connectivity index (χ2v) is 6.81. The molecular formula is C11H11Br2N3S. The van der Waals surface area contributed by atoms with Gasteiger partial charge in [-0.3, -0.25) is 0 Å². The fourth-order valence-electron chi connectivity index (χ4n) is 1.50. The highest BCUT2D eigenvalue weighted by atomic mass is 79.9. The van der Waals surface area contributed by atoms with Gasteiger partial charge in [-0.2, -0.15) is 0 Å². The van der Waals surface area contributed by atoms with Crippen LogP contribution in [0.1, 0.15) is 11.4 Å². The Balaban J connectivity index is 2.16. The molecule has 0 unspecified atom stereocenters. The van der Waals surface area contributed by atoms with E-state index in [1.807, 2.05) is 20.0 Å². The highest BCUT2D eigenvalue weighted by Gasteiger charge is 2.07. The Labute approximate surface area is 121 Å². The van der Waals surface area contributed by atoms with Gasteiger partial charge < -0.3 is 4.90 Å². The predicted octanol–water partition coefficient (Wildman–Crippen LogP) is 4.01. The van der Waals surface area contributed by atoms with Gasteiger partial charge in [0.15, 0.2) is 0 Å². The van der Waals surface area contributed by atoms with E-state index in [2.05, 4.69) is 58.2 Å². The minimum Gasteiger partial charge on any atom is -0.355 e. The predicted molar refractivity (Wildman–Crippen MR) is 78.6 cm³/mol. The lowest BCUT2D eigenvalue weighted by molar-refractivity contribution is 0.878. The Hall–Kier alpha value is -0.460. The zero-order chi connectivity index (χ0) is 12.4. The largest absolute Gasteiger partial charge is 0.355 e. The number of hydrogen-bond donors (Lipinski definition) is 0. The Morgan fingerprint density at radius 1 is 1.29 bits per heavy atom. The van der Waals surface area contributed by atoms with Crippen molar-refractivity contribution in [3.8, 4) is 0 Å². The van der Waals surface area contributed by atoms with Gasteiger partial charge in [0.25, 0.3) is 0 Å². The quantitative estimate of drug-likeness (QED) is 0.758. The van der Waals surface area contributed by atoms with Crippen molar-refractivity contribution < 1.29 is 0 Å². The van der Waals surface area contributed by atoms with Crippen LogP contribution in [0.3, 0.4) is 0 Å². The number of thiophene rings is 1. The highest BCUT2D eigenvalue weighted by Crippen LogP contribution is 2.23. The first kappa shape index (κ1) is 13.0. The van der Waals surface area contributed by atoms with E-state index in [1.165, 1.54) is 5.56 Å². The molecule has 3 nitrogen and oxygen atoms in total. The third kappa shape index (κ3) is 3.50. The molecule has 0 radical (unpaired) electrons. The molecule has 0 bridgehead atoms. The Bertz CT molecular complexity index is 507. The lowest BCUT2D eigenvalue weighted by Gasteiger charge is -2.17. The molecule has 0 aliphatic rings. The molecule has 0 aliphatic carbocycles. The average molecular weight is 377 g/mol. The van der Waals surface area contributed by atoms with E-state index in [-0.39, 0.29) is 0 Å². The number of hydrogen-bond acceptors (Lipinski definition) is 4. The van der Waals surface area contributed by atoms with E-state index >= 15 is 0 Å². The molecule has 0 aliphatic heterocycles. The van der Waals surface area contributed by atoms with Crippen molar-refractivity contribution in [3.05, 3.63) is 37.3 Å². The number of rotatable bonds is 3. The van der Waals surface area contributed by atoms with E-state index in [0.29, 0.717) is 0 Å². The van der Waals surface area contributed by atoms with Gasteiger partial charge in [0.2, 0.25) is 0 Å². The molecule has 90 valence electrons. The molecule has 2 heterocycles. The SMILES string of the molecule is Cc1nc(Br)cc(N(C)Cc2csc(Br)c2)n1. The summed E-state index contributed by atoms with van der Waals surface area (Å²) in [5.41, 5.74) is 1.27. The number of nitrogens with zero attached hydrogens (tertiary/aromatic N) is 3. The van der Waals surface area contributed by atoms with Gasteiger partial charge in [-0.1, -0.05) is 0 Å². The fourth-order valence-corrected chi connectivity index (χ4v) is 3.16. The van der Waals surface area contributed by atoms with Crippen LogP contribution in [0.25, 0.3) is 0 Å². The Morgan fingerprint density at radius 3 is 2.65 bits per heavy atom. The van der Waals surface area contributed by atoms with E-state index < -0.39 is 0 Å². The molecule has 0 atom stereocenters. The van der Waals surface area contributed by atoms with Gasteiger partial charge in [0, 0.05) is 19.7 Å². The monoisotopic (exact) mass is 375 g/mol. The molecule has 2 rings (SSSR count). The number of halogens is 2. The van der Waals surface area contributed by atoms with Crippen molar-refractivity contribution in [2.75, 3.05) is 11.9 Å². The lowest BCUT2D eigenvalue weighted by Crippen LogP contribution is -2.17. The van der Waals surface area contributed by atoms with Crippen LogP contribution in [-0.4, -0.2) is 17.0 Å². The second kappa shape index (κ2) is 5.46. The molecule has 2 aromatic rings. The maximum absolute atomic E-state index is 4.41. The maximum Gasteiger partial charge on any atom is 0.133 e. The topological polar surface area (TPSA) is 29.0 Å². The number of aryl methyl sites for hydroxylation is 1. The summed E-state index contributed by atoms with van der Waals surface area (Å²) < 4.78 is 1.97. The van der Waals surface area contributed by atoms with Crippen LogP contribution in [0.2, 0.25) is 0 Å². The summed E-state index contributed by atoms with van der Waals surface area (Å²) in [5, 5.41) is 2.14. The van der Waals surface area contributed by atoms with Gasteiger partial charge in [-0.05, 0) is 55.8 Å². The Morgan fingerprint density at radius 2 is 2.06 bits per heavy atom. The Kier molecular flexibility index (Phi) is 4.17. The molecule has 2 aromatic heterocycles. The standard InChI is InChI=1S/C11H11Br2N3S/c1-7-14-9(12)4-11(15-7)16(2)5-8-3-10(13)17-6-8/h3-4,6H,5H2,1-2H3. The molecule has 0 saturated heterocycles. The van der Waals surface area contributed by atoms with Crippen LogP contribution in [0.5, 0.6) is 0 Å². The summed E-state index contributed by atoms with van der Waals surface area (Å²) in [6.45, 7) is 2.73. The summed E-state index contributed by atoms with van der Waals surface area (Å²) >= 11 is 8.55. The summed E-state index contributed by atoms with van der Waals surface area (Å²) in [4.78, 5) is 10.7. The summed E-state index contributed by atoms with van der Waals surface area (Å²) in [5.74, 6) is 1.69. The number of aromatic nitrogens is 2. The van der Waals surface area contributed by atoms with Gasteiger partial charge in [-0.25, -0.2) is 9.97 Å². The van der Waals surface area contributed by atoms with Crippen molar-refractivity contribution in [1.82, 2.24) is 9.97 Å². The van der Waals surface area contributed by atoms with Crippen molar-refractivity contribution in [2.45, 2.75) is 13.5 Å². The molecule has 0 fully saturated rings. The maximum atomic E-state index is 4.41. The first-order chi connectivity index (χ1) is 8.04. The molecule has 0 aromatic carbocycles. The summed E-state index contributed by atoms with van der Waals surface area (Å²) in [7, 11) is 2.03. The molecule has 17 heavy (non-hydrogen) atoms. The summed E-state index contributed by atoms with van der Waals surface area (Å²) in [6, 6.07) is 4.05. The third-order valence-electron chi connectivity index (χ3n) is 2.23. The fraction of sp³-hybridized carbons (Fsp3) is 0.273. The van der Waals surface area contributed by atoms with Crippen molar-refractivity contribution in [3.63, 3.8) is 0 Å². The highest BCUT2D eigenvalue weighted by molar-refractivity contribution is 9.11. The van der Waals surface area contributed by atoms with Crippen LogP contribution < -0.4 is 4.90 Å². The van der Waals surface area contributed by atoms with Crippen LogP contribution in [0, 0.1) is 6.92 Å². The molecule has 0 N–H and O–H groups in total. The van der Waals surface area contributed by atoms with Gasteiger partial charge >= 0.3 is 0 Å². The molecule has 0 amide bonds. The molecule has 0 spiro atoms. The van der Waals surface area contributed by atoms with E-state index in [1.54, 1.807) is 11.3 Å². The average Bonchev–Trinajstić information content (AvgIpc) is 2.62. The molecule has 0 saturated carbocycles. The van der Waals surface area contributed by atoms with Crippen LogP contribution >= 0.6 is 43.2 Å². The van der Waals surface area contributed by atoms with Crippen LogP contribution in [0.15, 0.2) is 25.9 Å². The zero-order valence-corrected chi connectivity index (χ0v) is 13.4. The minimum atomic E-state index is 0.771. The van der Waals surface area contributed by atoms with E-state index in [9.17, 15) is 0 Å². The number of anilines is 1. The van der Waals surface area contributed by atoms with Crippen molar-refractivity contribution >= 4 is 49.0 Å². The molecular weight excluding hydrogens is 366 g/mol. The van der Waals surface area contributed by atoms with Crippen molar-refractivity contribution in [2.24, 2.45) is 0 Å². The normalized spacial score (nSPS) is 10.6. The third-order valence-corrected chi connectivity index (χ3v) is 4.19. The van der Waals surface area contributed by atoms with Crippen molar-refractivity contribution in [1.29, 1.82) is 0 Å². The molecule has 6 heteroatoms. The summed E-state index contributed by atoms with van der Waals surface area (Å²) in [6.07, 6.45) is 0. The van der Waals surface area contributed by atoms with Gasteiger partial charge in [0.1, 0.15) is 16.2 Å². The van der Waals surface area contributed by atoms with E-state index in [4.69, 9.17) is 0 Å². The zero-order valence-electron chi connectivity index (χ0n) is 9.44. The first-order valence-corrected chi connectivity index (χ1v) is 7.46. The lowest BCUT2D eigenvalue weighted by atomic mass is 10.3. The minimum absolute atomic E-state index is 0.771. The first-order valence-electron chi connectivity index (χ1n) is 5.00. The van der Waals surface area contributed by atoms with E-state index in [0.717, 1.165) is 26.6 Å². The van der Waals surface area contributed by atoms with Gasteiger partial charge in [-0.15, -0.1) is 11.3 Å². The van der Waals surface area contributed by atoms with Gasteiger partial charge in [0.05, 0.1) is 3.79 Å². The smallest absolute Gasteiger partial charge is 0.133 e. The van der Waals surface area contributed by atoms with Crippen LogP contribution in [0.4, 0.5) is 5.82 Å². The van der Waals surface area contributed by atoms with Crippen LogP contribution in [-0.2, 0) is 6.54 Å².